The Morgan fingerprint density at radius 2 is 2.31 bits per heavy atom. The molecule has 1 heterocycles. The maximum Gasteiger partial charge on any atom is 0.115 e. The SMILES string of the molecule is CCC1(c2cccc(O)c2)CCN1. The normalized spacial score (nSPS) is 26.8. The molecule has 1 aliphatic heterocycles. The minimum absolute atomic E-state index is 0.138. The van der Waals surface area contributed by atoms with Crippen molar-refractivity contribution < 1.29 is 5.11 Å². The van der Waals surface area contributed by atoms with Crippen LogP contribution in [0.3, 0.4) is 0 Å². The molecule has 1 aromatic carbocycles. The Morgan fingerprint density at radius 3 is 2.77 bits per heavy atom. The fourth-order valence-corrected chi connectivity index (χ4v) is 1.98. The van der Waals surface area contributed by atoms with E-state index in [0.29, 0.717) is 5.75 Å². The highest BCUT2D eigenvalue weighted by Crippen LogP contribution is 2.35. The van der Waals surface area contributed by atoms with E-state index in [1.54, 1.807) is 6.07 Å². The number of hydrogen-bond acceptors (Lipinski definition) is 2. The van der Waals surface area contributed by atoms with Gasteiger partial charge in [-0.05, 0) is 37.1 Å². The molecule has 0 radical (unpaired) electrons. The molecule has 1 aliphatic rings. The van der Waals surface area contributed by atoms with E-state index in [2.05, 4.69) is 18.3 Å². The Labute approximate surface area is 78.6 Å². The molecule has 0 saturated carbocycles. The summed E-state index contributed by atoms with van der Waals surface area (Å²) in [5, 5.41) is 12.8. The van der Waals surface area contributed by atoms with Crippen molar-refractivity contribution in [2.75, 3.05) is 6.54 Å². The second kappa shape index (κ2) is 3.04. The van der Waals surface area contributed by atoms with Crippen LogP contribution >= 0.6 is 0 Å². The van der Waals surface area contributed by atoms with Crippen molar-refractivity contribution in [3.05, 3.63) is 29.8 Å². The lowest BCUT2D eigenvalue weighted by Gasteiger charge is -2.43. The highest BCUT2D eigenvalue weighted by molar-refractivity contribution is 5.34. The molecular weight excluding hydrogens is 162 g/mol. The van der Waals surface area contributed by atoms with Gasteiger partial charge in [0.25, 0.3) is 0 Å². The lowest BCUT2D eigenvalue weighted by atomic mass is 9.79. The van der Waals surface area contributed by atoms with E-state index in [1.807, 2.05) is 12.1 Å². The molecule has 13 heavy (non-hydrogen) atoms. The van der Waals surface area contributed by atoms with E-state index < -0.39 is 0 Å². The molecule has 1 unspecified atom stereocenters. The number of hydrogen-bond donors (Lipinski definition) is 2. The maximum atomic E-state index is 9.36. The lowest BCUT2D eigenvalue weighted by molar-refractivity contribution is 0.201. The van der Waals surface area contributed by atoms with E-state index in [1.165, 1.54) is 12.0 Å². The second-order valence-electron chi connectivity index (χ2n) is 3.66. The minimum atomic E-state index is 0.138. The van der Waals surface area contributed by atoms with Gasteiger partial charge in [0.15, 0.2) is 0 Å². The van der Waals surface area contributed by atoms with Gasteiger partial charge in [0.05, 0.1) is 0 Å². The molecule has 0 spiro atoms. The standard InChI is InChI=1S/C11H15NO/c1-2-11(6-7-12-11)9-4-3-5-10(13)8-9/h3-5,8,12-13H,2,6-7H2,1H3. The molecule has 1 aromatic rings. The Hall–Kier alpha value is -1.02. The van der Waals surface area contributed by atoms with Gasteiger partial charge in [-0.2, -0.15) is 0 Å². The first-order valence-electron chi connectivity index (χ1n) is 4.81. The second-order valence-corrected chi connectivity index (χ2v) is 3.66. The van der Waals surface area contributed by atoms with Crippen LogP contribution < -0.4 is 5.32 Å². The summed E-state index contributed by atoms with van der Waals surface area (Å²) in [6.07, 6.45) is 2.25. The fraction of sp³-hybridized carbons (Fsp3) is 0.455. The van der Waals surface area contributed by atoms with Gasteiger partial charge in [0.1, 0.15) is 5.75 Å². The summed E-state index contributed by atoms with van der Waals surface area (Å²) in [4.78, 5) is 0. The summed E-state index contributed by atoms with van der Waals surface area (Å²) in [5.41, 5.74) is 1.35. The van der Waals surface area contributed by atoms with Crippen molar-refractivity contribution in [1.29, 1.82) is 0 Å². The third-order valence-electron chi connectivity index (χ3n) is 3.02. The van der Waals surface area contributed by atoms with Crippen LogP contribution in [0, 0.1) is 0 Å². The number of aromatic hydroxyl groups is 1. The maximum absolute atomic E-state index is 9.36. The Morgan fingerprint density at radius 1 is 1.54 bits per heavy atom. The van der Waals surface area contributed by atoms with Crippen molar-refractivity contribution in [3.8, 4) is 5.75 Å². The Balaban J connectivity index is 2.33. The number of benzene rings is 1. The zero-order chi connectivity index (χ0) is 9.31. The van der Waals surface area contributed by atoms with E-state index in [4.69, 9.17) is 0 Å². The third-order valence-corrected chi connectivity index (χ3v) is 3.02. The van der Waals surface area contributed by atoms with Crippen molar-refractivity contribution in [2.24, 2.45) is 0 Å². The van der Waals surface area contributed by atoms with E-state index in [9.17, 15) is 5.11 Å². The summed E-state index contributed by atoms with van der Waals surface area (Å²) in [7, 11) is 0. The Bertz CT molecular complexity index is 299. The monoisotopic (exact) mass is 177 g/mol. The van der Waals surface area contributed by atoms with E-state index in [0.717, 1.165) is 13.0 Å². The number of rotatable bonds is 2. The average molecular weight is 177 g/mol. The third kappa shape index (κ3) is 1.31. The molecule has 2 heteroatoms. The van der Waals surface area contributed by atoms with E-state index in [-0.39, 0.29) is 5.54 Å². The molecule has 2 N–H and O–H groups in total. The molecule has 1 atom stereocenters. The van der Waals surface area contributed by atoms with Gasteiger partial charge >= 0.3 is 0 Å². The van der Waals surface area contributed by atoms with Gasteiger partial charge in [-0.15, -0.1) is 0 Å². The van der Waals surface area contributed by atoms with Gasteiger partial charge in [0, 0.05) is 5.54 Å². The molecular formula is C11H15NO. The molecule has 2 nitrogen and oxygen atoms in total. The molecule has 0 bridgehead atoms. The van der Waals surface area contributed by atoms with Crippen LogP contribution in [0.1, 0.15) is 25.3 Å². The summed E-state index contributed by atoms with van der Waals surface area (Å²) < 4.78 is 0. The van der Waals surface area contributed by atoms with E-state index >= 15 is 0 Å². The highest BCUT2D eigenvalue weighted by Gasteiger charge is 2.36. The van der Waals surface area contributed by atoms with Crippen LogP contribution in [0.5, 0.6) is 5.75 Å². The lowest BCUT2D eigenvalue weighted by Crippen LogP contribution is -2.53. The van der Waals surface area contributed by atoms with Crippen LogP contribution in [0.15, 0.2) is 24.3 Å². The van der Waals surface area contributed by atoms with Crippen LogP contribution in [0.4, 0.5) is 0 Å². The first kappa shape index (κ1) is 8.57. The summed E-state index contributed by atoms with van der Waals surface area (Å²) >= 11 is 0. The molecule has 2 rings (SSSR count). The molecule has 70 valence electrons. The zero-order valence-corrected chi connectivity index (χ0v) is 7.88. The predicted octanol–water partition coefficient (Wildman–Crippen LogP) is 1.99. The summed E-state index contributed by atoms with van der Waals surface area (Å²) in [5.74, 6) is 0.360. The van der Waals surface area contributed by atoms with Crippen molar-refractivity contribution in [1.82, 2.24) is 5.32 Å². The predicted molar refractivity (Wildman–Crippen MR) is 52.7 cm³/mol. The van der Waals surface area contributed by atoms with Crippen LogP contribution in [0.25, 0.3) is 0 Å². The Kier molecular flexibility index (Phi) is 2.00. The van der Waals surface area contributed by atoms with Crippen LogP contribution in [-0.4, -0.2) is 11.7 Å². The van der Waals surface area contributed by atoms with Crippen molar-refractivity contribution in [2.45, 2.75) is 25.3 Å². The molecule has 0 aliphatic carbocycles. The van der Waals surface area contributed by atoms with Gasteiger partial charge in [-0.3, -0.25) is 0 Å². The van der Waals surface area contributed by atoms with Gasteiger partial charge in [-0.1, -0.05) is 19.1 Å². The number of phenols is 1. The quantitative estimate of drug-likeness (QED) is 0.724. The molecule has 0 aromatic heterocycles. The minimum Gasteiger partial charge on any atom is -0.508 e. The van der Waals surface area contributed by atoms with Crippen LogP contribution in [-0.2, 0) is 5.54 Å². The first-order valence-corrected chi connectivity index (χ1v) is 4.81. The first-order chi connectivity index (χ1) is 6.27. The summed E-state index contributed by atoms with van der Waals surface area (Å²) in [6, 6.07) is 7.55. The smallest absolute Gasteiger partial charge is 0.115 e. The molecule has 1 saturated heterocycles. The number of nitrogens with one attached hydrogen (secondary N) is 1. The molecule has 0 amide bonds. The highest BCUT2D eigenvalue weighted by atomic mass is 16.3. The van der Waals surface area contributed by atoms with Gasteiger partial charge < -0.3 is 10.4 Å². The van der Waals surface area contributed by atoms with Crippen LogP contribution in [0.2, 0.25) is 0 Å². The van der Waals surface area contributed by atoms with Crippen molar-refractivity contribution in [3.63, 3.8) is 0 Å². The number of phenolic OH excluding ortho intramolecular Hbond substituents is 1. The topological polar surface area (TPSA) is 32.3 Å². The van der Waals surface area contributed by atoms with Crippen molar-refractivity contribution >= 4 is 0 Å². The van der Waals surface area contributed by atoms with Gasteiger partial charge in [0.2, 0.25) is 0 Å². The molecule has 1 fully saturated rings. The summed E-state index contributed by atoms with van der Waals surface area (Å²) in [6.45, 7) is 3.26. The average Bonchev–Trinajstić information content (AvgIpc) is 2.03. The van der Waals surface area contributed by atoms with Gasteiger partial charge in [-0.25, -0.2) is 0 Å². The zero-order valence-electron chi connectivity index (χ0n) is 7.88. The fourth-order valence-electron chi connectivity index (χ4n) is 1.98. The largest absolute Gasteiger partial charge is 0.508 e.